The maximum Gasteiger partial charge on any atom is 0.335 e. The minimum Gasteiger partial charge on any atom is -0.478 e. The summed E-state index contributed by atoms with van der Waals surface area (Å²) in [5, 5.41) is 8.45. The summed E-state index contributed by atoms with van der Waals surface area (Å²) in [5.41, 5.74) is 0.984. The van der Waals surface area contributed by atoms with Gasteiger partial charge in [0, 0.05) is 25.2 Å². The van der Waals surface area contributed by atoms with Gasteiger partial charge in [0.25, 0.3) is 5.91 Å². The van der Waals surface area contributed by atoms with Crippen molar-refractivity contribution in [2.75, 3.05) is 19.6 Å². The number of amides is 1. The molecule has 2 N–H and O–H groups in total. The molecule has 126 valence electrons. The molecule has 1 amide bonds. The third kappa shape index (κ3) is 3.89. The van der Waals surface area contributed by atoms with E-state index >= 15 is 0 Å². The van der Waals surface area contributed by atoms with Crippen LogP contribution in [-0.2, 0) is 10.0 Å². The highest BCUT2D eigenvalue weighted by Gasteiger charge is 2.35. The van der Waals surface area contributed by atoms with Crippen LogP contribution in [0.2, 0.25) is 0 Å². The summed E-state index contributed by atoms with van der Waals surface area (Å²) in [6.45, 7) is 4.18. The predicted molar refractivity (Wildman–Crippen MR) is 85.0 cm³/mol. The molecular formula is C15H20N2O5S. The van der Waals surface area contributed by atoms with Gasteiger partial charge in [-0.15, -0.1) is 0 Å². The standard InChI is InChI=1S/C15H20N2O5S/c1-3-16-23(21,22)13-4-5-17(9-13)14(18)11-6-10(2)7-12(8-11)15(19)20/h6-8,13,16H,3-5,9H2,1-2H3,(H,19,20)/t13-/m1/s1. The average Bonchev–Trinajstić information content (AvgIpc) is 2.96. The van der Waals surface area contributed by atoms with Crippen LogP contribution in [0.1, 0.15) is 39.6 Å². The van der Waals surface area contributed by atoms with E-state index in [1.54, 1.807) is 19.9 Å². The van der Waals surface area contributed by atoms with Crippen molar-refractivity contribution < 1.29 is 23.1 Å². The number of hydrogen-bond donors (Lipinski definition) is 2. The number of benzene rings is 1. The quantitative estimate of drug-likeness (QED) is 0.827. The van der Waals surface area contributed by atoms with Crippen molar-refractivity contribution >= 4 is 21.9 Å². The van der Waals surface area contributed by atoms with E-state index in [0.717, 1.165) is 0 Å². The van der Waals surface area contributed by atoms with E-state index in [2.05, 4.69) is 4.72 Å². The van der Waals surface area contributed by atoms with Gasteiger partial charge < -0.3 is 10.0 Å². The molecule has 1 atom stereocenters. The normalized spacial score (nSPS) is 18.2. The monoisotopic (exact) mass is 340 g/mol. The van der Waals surface area contributed by atoms with E-state index in [4.69, 9.17) is 5.11 Å². The first-order chi connectivity index (χ1) is 10.7. The van der Waals surface area contributed by atoms with Gasteiger partial charge in [0.05, 0.1) is 10.8 Å². The van der Waals surface area contributed by atoms with Crippen molar-refractivity contribution in [1.82, 2.24) is 9.62 Å². The summed E-state index contributed by atoms with van der Waals surface area (Å²) < 4.78 is 26.5. The lowest BCUT2D eigenvalue weighted by Gasteiger charge is -2.17. The number of hydrogen-bond acceptors (Lipinski definition) is 4. The molecule has 1 aromatic carbocycles. The Morgan fingerprint density at radius 1 is 1.30 bits per heavy atom. The zero-order valence-electron chi connectivity index (χ0n) is 13.1. The van der Waals surface area contributed by atoms with Crippen LogP contribution < -0.4 is 4.72 Å². The molecule has 2 rings (SSSR count). The summed E-state index contributed by atoms with van der Waals surface area (Å²) >= 11 is 0. The fourth-order valence-corrected chi connectivity index (χ4v) is 4.13. The third-order valence-electron chi connectivity index (χ3n) is 3.79. The van der Waals surface area contributed by atoms with Gasteiger partial charge in [-0.25, -0.2) is 17.9 Å². The number of sulfonamides is 1. The number of rotatable bonds is 5. The smallest absolute Gasteiger partial charge is 0.335 e. The fourth-order valence-electron chi connectivity index (χ4n) is 2.70. The summed E-state index contributed by atoms with van der Waals surface area (Å²) in [6.07, 6.45) is 0.374. The zero-order valence-corrected chi connectivity index (χ0v) is 13.9. The molecule has 0 spiro atoms. The maximum atomic E-state index is 12.5. The van der Waals surface area contributed by atoms with E-state index < -0.39 is 21.2 Å². The first-order valence-electron chi connectivity index (χ1n) is 7.37. The number of carboxylic acids is 1. The van der Waals surface area contributed by atoms with Crippen LogP contribution in [0.15, 0.2) is 18.2 Å². The van der Waals surface area contributed by atoms with Gasteiger partial charge in [0.1, 0.15) is 0 Å². The van der Waals surface area contributed by atoms with Gasteiger partial charge in [-0.2, -0.15) is 0 Å². The van der Waals surface area contributed by atoms with E-state index in [9.17, 15) is 18.0 Å². The molecule has 1 aromatic rings. The van der Waals surface area contributed by atoms with Crippen LogP contribution in [-0.4, -0.2) is 55.2 Å². The van der Waals surface area contributed by atoms with E-state index in [1.165, 1.54) is 17.0 Å². The zero-order chi connectivity index (χ0) is 17.2. The van der Waals surface area contributed by atoms with Crippen molar-refractivity contribution in [2.24, 2.45) is 0 Å². The van der Waals surface area contributed by atoms with Gasteiger partial charge in [-0.1, -0.05) is 6.92 Å². The largest absolute Gasteiger partial charge is 0.478 e. The maximum absolute atomic E-state index is 12.5. The lowest BCUT2D eigenvalue weighted by Crippen LogP contribution is -2.37. The lowest BCUT2D eigenvalue weighted by molar-refractivity contribution is 0.0696. The van der Waals surface area contributed by atoms with Gasteiger partial charge in [-0.3, -0.25) is 4.79 Å². The summed E-state index contributed by atoms with van der Waals surface area (Å²) in [7, 11) is -3.43. The van der Waals surface area contributed by atoms with E-state index in [-0.39, 0.29) is 23.6 Å². The minimum atomic E-state index is -3.43. The van der Waals surface area contributed by atoms with Gasteiger partial charge in [0.15, 0.2) is 0 Å². The Morgan fingerprint density at radius 2 is 1.96 bits per heavy atom. The predicted octanol–water partition coefficient (Wildman–Crippen LogP) is 0.847. The Kier molecular flexibility index (Phi) is 5.06. The lowest BCUT2D eigenvalue weighted by atomic mass is 10.1. The number of carbonyl (C=O) groups excluding carboxylic acids is 1. The van der Waals surface area contributed by atoms with Crippen LogP contribution in [0.3, 0.4) is 0 Å². The van der Waals surface area contributed by atoms with Crippen LogP contribution in [0.25, 0.3) is 0 Å². The Hall–Kier alpha value is -1.93. The first kappa shape index (κ1) is 17.4. The van der Waals surface area contributed by atoms with Gasteiger partial charge >= 0.3 is 5.97 Å². The second-order valence-electron chi connectivity index (χ2n) is 5.60. The molecule has 0 bridgehead atoms. The molecule has 1 saturated heterocycles. The second kappa shape index (κ2) is 6.67. The summed E-state index contributed by atoms with van der Waals surface area (Å²) in [5.74, 6) is -1.44. The molecule has 7 nitrogen and oxygen atoms in total. The van der Waals surface area contributed by atoms with Crippen LogP contribution >= 0.6 is 0 Å². The van der Waals surface area contributed by atoms with Gasteiger partial charge in [0.2, 0.25) is 10.0 Å². The highest BCUT2D eigenvalue weighted by atomic mass is 32.2. The Labute approximate surface area is 135 Å². The molecule has 1 aliphatic rings. The number of carbonyl (C=O) groups is 2. The summed E-state index contributed by atoms with van der Waals surface area (Å²) in [4.78, 5) is 25.1. The molecule has 1 aliphatic heterocycles. The molecule has 0 unspecified atom stereocenters. The number of aryl methyl sites for hydroxylation is 1. The summed E-state index contributed by atoms with van der Waals surface area (Å²) in [6, 6.07) is 4.42. The van der Waals surface area contributed by atoms with Crippen molar-refractivity contribution in [3.63, 3.8) is 0 Å². The van der Waals surface area contributed by atoms with E-state index in [0.29, 0.717) is 25.1 Å². The first-order valence-corrected chi connectivity index (χ1v) is 8.92. The SMILES string of the molecule is CCNS(=O)(=O)[C@@H]1CCN(C(=O)c2cc(C)cc(C(=O)O)c2)C1. The topological polar surface area (TPSA) is 104 Å². The molecule has 0 aromatic heterocycles. The molecule has 1 fully saturated rings. The third-order valence-corrected chi connectivity index (χ3v) is 5.74. The molecule has 23 heavy (non-hydrogen) atoms. The van der Waals surface area contributed by atoms with Crippen LogP contribution in [0.5, 0.6) is 0 Å². The average molecular weight is 340 g/mol. The van der Waals surface area contributed by atoms with Gasteiger partial charge in [-0.05, 0) is 37.1 Å². The van der Waals surface area contributed by atoms with Crippen molar-refractivity contribution in [3.05, 3.63) is 34.9 Å². The molecular weight excluding hydrogens is 320 g/mol. The molecule has 8 heteroatoms. The molecule has 1 heterocycles. The molecule has 0 saturated carbocycles. The van der Waals surface area contributed by atoms with Crippen molar-refractivity contribution in [1.29, 1.82) is 0 Å². The molecule has 0 aliphatic carbocycles. The highest BCUT2D eigenvalue weighted by Crippen LogP contribution is 2.20. The number of nitrogens with one attached hydrogen (secondary N) is 1. The Bertz CT molecular complexity index is 729. The Morgan fingerprint density at radius 3 is 2.57 bits per heavy atom. The van der Waals surface area contributed by atoms with Crippen molar-refractivity contribution in [2.45, 2.75) is 25.5 Å². The number of aromatic carboxylic acids is 1. The minimum absolute atomic E-state index is 0.0457. The fraction of sp³-hybridized carbons (Fsp3) is 0.467. The number of carboxylic acid groups (broad SMARTS) is 1. The van der Waals surface area contributed by atoms with Crippen molar-refractivity contribution in [3.8, 4) is 0 Å². The highest BCUT2D eigenvalue weighted by molar-refractivity contribution is 7.90. The number of nitrogens with zero attached hydrogens (tertiary/aromatic N) is 1. The van der Waals surface area contributed by atoms with E-state index in [1.807, 2.05) is 0 Å². The van der Waals surface area contributed by atoms with Crippen LogP contribution in [0, 0.1) is 6.92 Å². The van der Waals surface area contributed by atoms with Crippen LogP contribution in [0.4, 0.5) is 0 Å². The molecule has 0 radical (unpaired) electrons. The number of likely N-dealkylation sites (tertiary alicyclic amines) is 1. The second-order valence-corrected chi connectivity index (χ2v) is 7.64. The Balaban J connectivity index is 2.18.